The molecule has 0 aromatic heterocycles. The van der Waals surface area contributed by atoms with Gasteiger partial charge in [-0.1, -0.05) is 25.1 Å². The number of hydrogen-bond donors (Lipinski definition) is 1. The Morgan fingerprint density at radius 1 is 1.30 bits per heavy atom. The van der Waals surface area contributed by atoms with E-state index in [1.807, 2.05) is 37.3 Å². The summed E-state index contributed by atoms with van der Waals surface area (Å²) in [7, 11) is -3.37. The second-order valence-electron chi connectivity index (χ2n) is 5.12. The van der Waals surface area contributed by atoms with Crippen molar-refractivity contribution in [2.75, 3.05) is 10.7 Å². The summed E-state index contributed by atoms with van der Waals surface area (Å²) in [6.07, 6.45) is 1.03. The van der Waals surface area contributed by atoms with Gasteiger partial charge in [-0.25, -0.2) is 13.1 Å². The molecule has 0 aliphatic carbocycles. The summed E-state index contributed by atoms with van der Waals surface area (Å²) in [5.74, 6) is -0.125. The van der Waals surface area contributed by atoms with E-state index in [1.165, 1.54) is 0 Å². The largest absolute Gasteiger partial charge is 0.308 e. The molecule has 2 rings (SSSR count). The second kappa shape index (κ2) is 5.93. The van der Waals surface area contributed by atoms with Gasteiger partial charge in [-0.15, -0.1) is 0 Å². The average Bonchev–Trinajstić information content (AvgIpc) is 2.64. The first-order valence-corrected chi connectivity index (χ1v) is 8.48. The summed E-state index contributed by atoms with van der Waals surface area (Å²) < 4.78 is 26.1. The van der Waals surface area contributed by atoms with Gasteiger partial charge in [0.25, 0.3) is 0 Å². The van der Waals surface area contributed by atoms with Crippen LogP contribution in [0.3, 0.4) is 0 Å². The van der Waals surface area contributed by atoms with Crippen molar-refractivity contribution < 1.29 is 13.2 Å². The third kappa shape index (κ3) is 3.19. The molecule has 1 aliphatic heterocycles. The van der Waals surface area contributed by atoms with Crippen molar-refractivity contribution in [1.29, 1.82) is 0 Å². The zero-order chi connectivity index (χ0) is 14.8. The number of hydrogen-bond acceptors (Lipinski definition) is 3. The molecule has 2 atom stereocenters. The number of nitrogens with zero attached hydrogens (tertiary/aromatic N) is 1. The number of para-hydroxylation sites is 1. The molecule has 1 aromatic rings. The van der Waals surface area contributed by atoms with Crippen LogP contribution < -0.4 is 9.62 Å². The maximum atomic E-state index is 12.4. The Kier molecular flexibility index (Phi) is 4.45. The maximum Gasteiger partial charge on any atom is 0.245 e. The van der Waals surface area contributed by atoms with E-state index in [1.54, 1.807) is 11.8 Å². The van der Waals surface area contributed by atoms with Crippen LogP contribution in [0.15, 0.2) is 30.3 Å². The van der Waals surface area contributed by atoms with Crippen molar-refractivity contribution in [1.82, 2.24) is 4.72 Å². The van der Waals surface area contributed by atoms with E-state index < -0.39 is 16.1 Å². The quantitative estimate of drug-likeness (QED) is 0.895. The van der Waals surface area contributed by atoms with Crippen molar-refractivity contribution >= 4 is 21.6 Å². The predicted molar refractivity (Wildman–Crippen MR) is 79.0 cm³/mol. The summed E-state index contributed by atoms with van der Waals surface area (Å²) >= 11 is 0. The SMILES string of the molecule is CCCS(=O)(=O)N[C@@H]1C[C@H](C)N(c2ccccc2)C1=O. The molecule has 1 saturated heterocycles. The molecule has 110 valence electrons. The van der Waals surface area contributed by atoms with Gasteiger partial charge in [0.15, 0.2) is 0 Å². The molecule has 0 spiro atoms. The number of benzene rings is 1. The topological polar surface area (TPSA) is 66.5 Å². The molecule has 1 fully saturated rings. The highest BCUT2D eigenvalue weighted by Gasteiger charge is 2.39. The zero-order valence-corrected chi connectivity index (χ0v) is 12.6. The van der Waals surface area contributed by atoms with E-state index in [4.69, 9.17) is 0 Å². The molecule has 0 saturated carbocycles. The van der Waals surface area contributed by atoms with Crippen LogP contribution in [0.4, 0.5) is 5.69 Å². The van der Waals surface area contributed by atoms with E-state index in [0.717, 1.165) is 5.69 Å². The molecule has 0 unspecified atom stereocenters. The minimum absolute atomic E-state index is 0.0146. The monoisotopic (exact) mass is 296 g/mol. The van der Waals surface area contributed by atoms with Gasteiger partial charge in [-0.05, 0) is 31.9 Å². The van der Waals surface area contributed by atoms with E-state index in [2.05, 4.69) is 4.72 Å². The Hall–Kier alpha value is -1.40. The highest BCUT2D eigenvalue weighted by atomic mass is 32.2. The average molecular weight is 296 g/mol. The summed E-state index contributed by atoms with van der Waals surface area (Å²) in [6.45, 7) is 3.73. The maximum absolute atomic E-state index is 12.4. The van der Waals surface area contributed by atoms with Gasteiger partial charge in [0.2, 0.25) is 15.9 Å². The summed E-state index contributed by atoms with van der Waals surface area (Å²) in [5.41, 5.74) is 0.808. The van der Waals surface area contributed by atoms with Gasteiger partial charge in [0, 0.05) is 11.7 Å². The van der Waals surface area contributed by atoms with Crippen LogP contribution >= 0.6 is 0 Å². The predicted octanol–water partition coefficient (Wildman–Crippen LogP) is 1.51. The fourth-order valence-corrected chi connectivity index (χ4v) is 3.83. The fourth-order valence-electron chi connectivity index (χ4n) is 2.55. The standard InChI is InChI=1S/C14H20N2O3S/c1-3-9-20(18,19)15-13-10-11(2)16(14(13)17)12-7-5-4-6-8-12/h4-8,11,13,15H,3,9-10H2,1-2H3/t11-,13+/m0/s1. The highest BCUT2D eigenvalue weighted by molar-refractivity contribution is 7.89. The Labute approximate surface area is 120 Å². The van der Waals surface area contributed by atoms with Crippen LogP contribution in [0.1, 0.15) is 26.7 Å². The zero-order valence-electron chi connectivity index (χ0n) is 11.7. The van der Waals surface area contributed by atoms with E-state index in [-0.39, 0.29) is 17.7 Å². The van der Waals surface area contributed by atoms with Crippen molar-refractivity contribution in [2.45, 2.75) is 38.8 Å². The van der Waals surface area contributed by atoms with Gasteiger partial charge < -0.3 is 4.90 Å². The second-order valence-corrected chi connectivity index (χ2v) is 6.99. The molecule has 0 bridgehead atoms. The van der Waals surface area contributed by atoms with Gasteiger partial charge in [0.1, 0.15) is 6.04 Å². The first kappa shape index (κ1) is 15.0. The molecule has 0 radical (unpaired) electrons. The first-order chi connectivity index (χ1) is 9.44. The lowest BCUT2D eigenvalue weighted by Crippen LogP contribution is -2.42. The first-order valence-electron chi connectivity index (χ1n) is 6.82. The molecule has 5 nitrogen and oxygen atoms in total. The molecular formula is C14H20N2O3S. The van der Waals surface area contributed by atoms with Gasteiger partial charge >= 0.3 is 0 Å². The van der Waals surface area contributed by atoms with Crippen LogP contribution in [0, 0.1) is 0 Å². The van der Waals surface area contributed by atoms with Crippen LogP contribution in [-0.4, -0.2) is 32.2 Å². The third-order valence-corrected chi connectivity index (χ3v) is 4.97. The number of anilines is 1. The highest BCUT2D eigenvalue weighted by Crippen LogP contribution is 2.26. The molecule has 1 aliphatic rings. The molecule has 20 heavy (non-hydrogen) atoms. The smallest absolute Gasteiger partial charge is 0.245 e. The van der Waals surface area contributed by atoms with E-state index in [0.29, 0.717) is 12.8 Å². The minimum atomic E-state index is -3.37. The number of nitrogens with one attached hydrogen (secondary N) is 1. The van der Waals surface area contributed by atoms with E-state index in [9.17, 15) is 13.2 Å². The Balaban J connectivity index is 2.15. The van der Waals surface area contributed by atoms with Gasteiger partial charge in [0.05, 0.1) is 5.75 Å². The Morgan fingerprint density at radius 3 is 2.55 bits per heavy atom. The lowest BCUT2D eigenvalue weighted by Gasteiger charge is -2.21. The molecule has 1 aromatic carbocycles. The number of rotatable bonds is 5. The van der Waals surface area contributed by atoms with Crippen LogP contribution in [0.2, 0.25) is 0 Å². The van der Waals surface area contributed by atoms with Crippen molar-refractivity contribution in [3.8, 4) is 0 Å². The summed E-state index contributed by atoms with van der Waals surface area (Å²) in [6, 6.07) is 8.67. The molecule has 1 heterocycles. The molecule has 6 heteroatoms. The summed E-state index contributed by atoms with van der Waals surface area (Å²) in [5, 5.41) is 0. The van der Waals surface area contributed by atoms with Crippen LogP contribution in [0.5, 0.6) is 0 Å². The molecule has 1 N–H and O–H groups in total. The van der Waals surface area contributed by atoms with Crippen LogP contribution in [0.25, 0.3) is 0 Å². The lowest BCUT2D eigenvalue weighted by molar-refractivity contribution is -0.118. The van der Waals surface area contributed by atoms with E-state index >= 15 is 0 Å². The van der Waals surface area contributed by atoms with Crippen molar-refractivity contribution in [3.63, 3.8) is 0 Å². The normalized spacial score (nSPS) is 23.3. The van der Waals surface area contributed by atoms with Crippen LogP contribution in [-0.2, 0) is 14.8 Å². The minimum Gasteiger partial charge on any atom is -0.308 e. The Morgan fingerprint density at radius 2 is 1.95 bits per heavy atom. The lowest BCUT2D eigenvalue weighted by atomic mass is 10.2. The van der Waals surface area contributed by atoms with Crippen molar-refractivity contribution in [2.24, 2.45) is 0 Å². The van der Waals surface area contributed by atoms with Gasteiger partial charge in [-0.3, -0.25) is 4.79 Å². The molecular weight excluding hydrogens is 276 g/mol. The third-order valence-electron chi connectivity index (χ3n) is 3.38. The molecule has 1 amide bonds. The van der Waals surface area contributed by atoms with Gasteiger partial charge in [-0.2, -0.15) is 0 Å². The number of sulfonamides is 1. The summed E-state index contributed by atoms with van der Waals surface area (Å²) in [4.78, 5) is 14.1. The number of carbonyl (C=O) groups is 1. The number of carbonyl (C=O) groups excluding carboxylic acids is 1. The fraction of sp³-hybridized carbons (Fsp3) is 0.500. The number of amides is 1. The van der Waals surface area contributed by atoms with Crippen molar-refractivity contribution in [3.05, 3.63) is 30.3 Å². The Bertz CT molecular complexity index is 571.